The number of carbonyl (C=O) groups excluding carboxylic acids is 1. The molecule has 0 unspecified atom stereocenters. The zero-order valence-corrected chi connectivity index (χ0v) is 13.2. The molecular formula is C13H15ClN2O4S. The molecule has 21 heavy (non-hydrogen) atoms. The molecule has 0 radical (unpaired) electrons. The Morgan fingerprint density at radius 3 is 2.57 bits per heavy atom. The van der Waals surface area contributed by atoms with E-state index in [2.05, 4.69) is 0 Å². The second kappa shape index (κ2) is 7.41. The van der Waals surface area contributed by atoms with E-state index in [-0.39, 0.29) is 35.2 Å². The van der Waals surface area contributed by atoms with Crippen molar-refractivity contribution in [3.63, 3.8) is 0 Å². The van der Waals surface area contributed by atoms with Gasteiger partial charge >= 0.3 is 5.97 Å². The van der Waals surface area contributed by atoms with Crippen LogP contribution < -0.4 is 0 Å². The van der Waals surface area contributed by atoms with E-state index in [1.807, 2.05) is 6.07 Å². The molecule has 0 fully saturated rings. The van der Waals surface area contributed by atoms with Gasteiger partial charge in [0.2, 0.25) is 10.0 Å². The van der Waals surface area contributed by atoms with Crippen LogP contribution in [-0.4, -0.2) is 38.4 Å². The lowest BCUT2D eigenvalue weighted by atomic mass is 10.2. The summed E-state index contributed by atoms with van der Waals surface area (Å²) in [4.78, 5) is 11.4. The van der Waals surface area contributed by atoms with Crippen LogP contribution in [0.2, 0.25) is 5.02 Å². The molecule has 0 saturated heterocycles. The molecule has 6 nitrogen and oxygen atoms in total. The summed E-state index contributed by atoms with van der Waals surface area (Å²) >= 11 is 5.84. The lowest BCUT2D eigenvalue weighted by molar-refractivity contribution is -0.143. The molecule has 0 atom stereocenters. The summed E-state index contributed by atoms with van der Waals surface area (Å²) in [5, 5.41) is 8.84. The van der Waals surface area contributed by atoms with Crippen molar-refractivity contribution in [3.8, 4) is 6.07 Å². The summed E-state index contributed by atoms with van der Waals surface area (Å²) in [6.07, 6.45) is 0. The van der Waals surface area contributed by atoms with Crippen LogP contribution in [0.5, 0.6) is 0 Å². The molecule has 1 rings (SSSR count). The number of likely N-dealkylation sites (N-methyl/N-ethyl adjacent to an activating group) is 1. The molecule has 0 heterocycles. The molecule has 0 N–H and O–H groups in total. The van der Waals surface area contributed by atoms with Crippen LogP contribution >= 0.6 is 11.6 Å². The van der Waals surface area contributed by atoms with Crippen molar-refractivity contribution in [3.05, 3.63) is 28.8 Å². The molecule has 0 aliphatic carbocycles. The minimum Gasteiger partial charge on any atom is -0.465 e. The van der Waals surface area contributed by atoms with Gasteiger partial charge in [-0.05, 0) is 25.1 Å². The highest BCUT2D eigenvalue weighted by molar-refractivity contribution is 7.89. The maximum absolute atomic E-state index is 12.4. The number of hydrogen-bond acceptors (Lipinski definition) is 5. The van der Waals surface area contributed by atoms with Crippen molar-refractivity contribution in [1.29, 1.82) is 5.26 Å². The van der Waals surface area contributed by atoms with Crippen molar-refractivity contribution in [2.24, 2.45) is 0 Å². The van der Waals surface area contributed by atoms with Gasteiger partial charge in [-0.1, -0.05) is 18.5 Å². The molecule has 0 aliphatic rings. The molecule has 0 bridgehead atoms. The SMILES string of the molecule is CCOC(=O)CN(CC)S(=O)(=O)c1ccc(C#N)c(Cl)c1. The van der Waals surface area contributed by atoms with Crippen LogP contribution in [0.3, 0.4) is 0 Å². The highest BCUT2D eigenvalue weighted by Gasteiger charge is 2.26. The van der Waals surface area contributed by atoms with E-state index in [0.717, 1.165) is 4.31 Å². The molecule has 0 aromatic heterocycles. The van der Waals surface area contributed by atoms with E-state index in [4.69, 9.17) is 21.6 Å². The van der Waals surface area contributed by atoms with Gasteiger partial charge in [0.15, 0.2) is 0 Å². The fourth-order valence-electron chi connectivity index (χ4n) is 1.61. The molecular weight excluding hydrogens is 316 g/mol. The van der Waals surface area contributed by atoms with E-state index in [1.165, 1.54) is 18.2 Å². The molecule has 1 aromatic rings. The second-order valence-electron chi connectivity index (χ2n) is 3.99. The maximum Gasteiger partial charge on any atom is 0.321 e. The van der Waals surface area contributed by atoms with E-state index in [0.29, 0.717) is 0 Å². The fourth-order valence-corrected chi connectivity index (χ4v) is 3.32. The highest BCUT2D eigenvalue weighted by atomic mass is 35.5. The van der Waals surface area contributed by atoms with Gasteiger partial charge in [-0.3, -0.25) is 4.79 Å². The quantitative estimate of drug-likeness (QED) is 0.742. The number of sulfonamides is 1. The number of halogens is 1. The maximum atomic E-state index is 12.4. The third kappa shape index (κ3) is 4.17. The number of ether oxygens (including phenoxy) is 1. The number of nitrogens with zero attached hydrogens (tertiary/aromatic N) is 2. The first-order valence-corrected chi connectivity index (χ1v) is 8.04. The van der Waals surface area contributed by atoms with Gasteiger partial charge in [-0.25, -0.2) is 8.42 Å². The predicted octanol–water partition coefficient (Wildman–Crippen LogP) is 1.79. The van der Waals surface area contributed by atoms with E-state index < -0.39 is 16.0 Å². The molecule has 114 valence electrons. The lowest BCUT2D eigenvalue weighted by Gasteiger charge is -2.19. The van der Waals surface area contributed by atoms with Crippen LogP contribution in [0.4, 0.5) is 0 Å². The normalized spacial score (nSPS) is 11.2. The van der Waals surface area contributed by atoms with Crippen LogP contribution in [-0.2, 0) is 19.6 Å². The van der Waals surface area contributed by atoms with Gasteiger partial charge in [0.1, 0.15) is 12.6 Å². The average molecular weight is 331 g/mol. The topological polar surface area (TPSA) is 87.5 Å². The minimum absolute atomic E-state index is 0.0470. The predicted molar refractivity (Wildman–Crippen MR) is 77.2 cm³/mol. The Bertz CT molecular complexity index is 667. The first kappa shape index (κ1) is 17.4. The molecule has 0 saturated carbocycles. The van der Waals surface area contributed by atoms with Gasteiger partial charge < -0.3 is 4.74 Å². The zero-order valence-electron chi connectivity index (χ0n) is 11.7. The summed E-state index contributed by atoms with van der Waals surface area (Å²) in [5.41, 5.74) is 0.184. The minimum atomic E-state index is -3.87. The fraction of sp³-hybridized carbons (Fsp3) is 0.385. The molecule has 8 heteroatoms. The largest absolute Gasteiger partial charge is 0.465 e. The molecule has 0 spiro atoms. The van der Waals surface area contributed by atoms with Crippen molar-refractivity contribution in [2.75, 3.05) is 19.7 Å². The number of esters is 1. The summed E-state index contributed by atoms with van der Waals surface area (Å²) in [6, 6.07) is 5.66. The number of hydrogen-bond donors (Lipinski definition) is 0. The third-order valence-electron chi connectivity index (χ3n) is 2.66. The molecule has 0 aliphatic heterocycles. The van der Waals surface area contributed by atoms with Gasteiger partial charge in [0.05, 0.1) is 22.1 Å². The summed E-state index contributed by atoms with van der Waals surface area (Å²) in [6.45, 7) is 3.17. The zero-order chi connectivity index (χ0) is 16.0. The Kier molecular flexibility index (Phi) is 6.15. The average Bonchev–Trinajstić information content (AvgIpc) is 2.44. The van der Waals surface area contributed by atoms with Crippen LogP contribution in [0.15, 0.2) is 23.1 Å². The van der Waals surface area contributed by atoms with E-state index in [1.54, 1.807) is 13.8 Å². The lowest BCUT2D eigenvalue weighted by Crippen LogP contribution is -2.36. The van der Waals surface area contributed by atoms with Crippen molar-refractivity contribution >= 4 is 27.6 Å². The Morgan fingerprint density at radius 2 is 2.10 bits per heavy atom. The summed E-state index contributed by atoms with van der Waals surface area (Å²) < 4.78 is 30.6. The number of benzene rings is 1. The number of nitriles is 1. The van der Waals surface area contributed by atoms with Gasteiger partial charge in [0.25, 0.3) is 0 Å². The second-order valence-corrected chi connectivity index (χ2v) is 6.33. The highest BCUT2D eigenvalue weighted by Crippen LogP contribution is 2.22. The van der Waals surface area contributed by atoms with Crippen LogP contribution in [0, 0.1) is 11.3 Å². The Balaban J connectivity index is 3.10. The standard InChI is InChI=1S/C13H15ClN2O4S/c1-3-16(9-13(17)20-4-2)21(18,19)11-6-5-10(8-15)12(14)7-11/h5-7H,3-4,9H2,1-2H3. The first-order chi connectivity index (χ1) is 9.86. The Morgan fingerprint density at radius 1 is 1.43 bits per heavy atom. The van der Waals surface area contributed by atoms with Crippen molar-refractivity contribution in [2.45, 2.75) is 18.7 Å². The van der Waals surface area contributed by atoms with E-state index >= 15 is 0 Å². The number of rotatable bonds is 6. The number of carbonyl (C=O) groups is 1. The van der Waals surface area contributed by atoms with Crippen molar-refractivity contribution in [1.82, 2.24) is 4.31 Å². The first-order valence-electron chi connectivity index (χ1n) is 6.22. The Hall–Kier alpha value is -1.62. The van der Waals surface area contributed by atoms with Crippen molar-refractivity contribution < 1.29 is 17.9 Å². The monoisotopic (exact) mass is 330 g/mol. The van der Waals surface area contributed by atoms with Crippen LogP contribution in [0.25, 0.3) is 0 Å². The Labute approximate surface area is 128 Å². The van der Waals surface area contributed by atoms with Gasteiger partial charge in [-0.15, -0.1) is 0 Å². The van der Waals surface area contributed by atoms with E-state index in [9.17, 15) is 13.2 Å². The van der Waals surface area contributed by atoms with Gasteiger partial charge in [-0.2, -0.15) is 9.57 Å². The molecule has 0 amide bonds. The smallest absolute Gasteiger partial charge is 0.321 e. The van der Waals surface area contributed by atoms with Gasteiger partial charge in [0, 0.05) is 6.54 Å². The third-order valence-corrected chi connectivity index (χ3v) is 4.89. The molecule has 1 aromatic carbocycles. The summed E-state index contributed by atoms with van der Waals surface area (Å²) in [5.74, 6) is -0.623. The summed E-state index contributed by atoms with van der Waals surface area (Å²) in [7, 11) is -3.87. The van der Waals surface area contributed by atoms with Crippen LogP contribution in [0.1, 0.15) is 19.4 Å².